The Bertz CT molecular complexity index is 1630. The summed E-state index contributed by atoms with van der Waals surface area (Å²) in [6.45, 7) is 19.8. The second-order valence-corrected chi connectivity index (χ2v) is 20.8. The Morgan fingerprint density at radius 2 is 1.45 bits per heavy atom. The molecule has 1 aliphatic heterocycles. The molecule has 11 heteroatoms. The van der Waals surface area contributed by atoms with Gasteiger partial charge in [-0.25, -0.2) is 8.42 Å². The Morgan fingerprint density at radius 3 is 2.02 bits per heavy atom. The highest BCUT2D eigenvalue weighted by Crippen LogP contribution is 2.77. The van der Waals surface area contributed by atoms with E-state index in [1.54, 1.807) is 4.90 Å². The van der Waals surface area contributed by atoms with Gasteiger partial charge in [-0.15, -0.1) is 0 Å². The lowest BCUT2D eigenvalue weighted by atomic mass is 9.33. The minimum Gasteiger partial charge on any atom is -0.462 e. The molecular formula is C40H62N2O8S. The molecule has 1 saturated heterocycles. The van der Waals surface area contributed by atoms with Gasteiger partial charge in [0.05, 0.1) is 6.26 Å². The number of nitrogens with zero attached hydrogens (tertiary/aromatic N) is 2. The van der Waals surface area contributed by atoms with Gasteiger partial charge >= 0.3 is 11.9 Å². The first-order chi connectivity index (χ1) is 23.5. The van der Waals surface area contributed by atoms with Gasteiger partial charge in [0.2, 0.25) is 10.0 Å². The standard InChI is InChI=1S/C40H62N2O8S/c1-24(2)32-28(45)23-40(34(50-26(4)44)35(46)41-19-21-42(22-20-41)51(10,47)48)18-17-38(8)27(33(32)40)11-12-30-37(7)15-14-31(49-25(3)43)36(5,6)29(37)13-16-39(30,38)9/h24,27,29-31,34H,11-23H2,1-10H3/t27-,29+,30-,31+,34?,37+,38-,39?,40-/m1/s1. The topological polar surface area (TPSA) is 127 Å². The SMILES string of the molecule is CC(=O)OC(C(=O)N1CCN(S(C)(=O)=O)CC1)[C@@]12CC[C@]3(C)[C@H](CC[C@H]4C3(C)CC[C@H]3C(C)(C)[C@@H](OC(C)=O)CC[C@@]34C)C1=C(C(C)C)C(=O)C2. The van der Waals surface area contributed by atoms with Gasteiger partial charge in [0.25, 0.3) is 5.91 Å². The lowest BCUT2D eigenvalue weighted by molar-refractivity contribution is -0.235. The number of hydrogen-bond donors (Lipinski definition) is 0. The molecule has 51 heavy (non-hydrogen) atoms. The number of sulfonamides is 1. The van der Waals surface area contributed by atoms with Gasteiger partial charge < -0.3 is 14.4 Å². The molecule has 6 rings (SSSR count). The quantitative estimate of drug-likeness (QED) is 0.308. The number of Topliss-reactive ketones (excluding diaryl/α,β-unsaturated/α-hetero) is 1. The minimum absolute atomic E-state index is 0.0265. The van der Waals surface area contributed by atoms with Gasteiger partial charge in [0.15, 0.2) is 11.9 Å². The lowest BCUT2D eigenvalue weighted by Gasteiger charge is -2.72. The molecule has 1 amide bonds. The molecule has 10 nitrogen and oxygen atoms in total. The van der Waals surface area contributed by atoms with Crippen LogP contribution in [0.15, 0.2) is 11.1 Å². The number of ketones is 1. The summed E-state index contributed by atoms with van der Waals surface area (Å²) in [6.07, 6.45) is 7.37. The number of esters is 2. The number of allylic oxidation sites excluding steroid dienone is 1. The molecule has 0 spiro atoms. The van der Waals surface area contributed by atoms with Crippen LogP contribution in [0, 0.1) is 50.7 Å². The fourth-order valence-electron chi connectivity index (χ4n) is 13.3. The Kier molecular flexibility index (Phi) is 9.55. The first-order valence-electron chi connectivity index (χ1n) is 19.4. The summed E-state index contributed by atoms with van der Waals surface area (Å²) in [5.74, 6) is -0.137. The van der Waals surface area contributed by atoms with Crippen molar-refractivity contribution in [2.24, 2.45) is 50.7 Å². The molecule has 1 heterocycles. The summed E-state index contributed by atoms with van der Waals surface area (Å²) in [5, 5.41) is 0. The number of piperazine rings is 1. The van der Waals surface area contributed by atoms with Crippen molar-refractivity contribution in [2.75, 3.05) is 32.4 Å². The summed E-state index contributed by atoms with van der Waals surface area (Å²) >= 11 is 0. The third kappa shape index (κ3) is 5.75. The van der Waals surface area contributed by atoms with Crippen molar-refractivity contribution in [3.8, 4) is 0 Å². The minimum atomic E-state index is -3.40. The van der Waals surface area contributed by atoms with Crippen LogP contribution in [0.4, 0.5) is 0 Å². The molecule has 5 fully saturated rings. The van der Waals surface area contributed by atoms with Gasteiger partial charge in [-0.2, -0.15) is 4.31 Å². The summed E-state index contributed by atoms with van der Waals surface area (Å²) in [7, 11) is -3.40. The number of amides is 1. The average Bonchev–Trinajstić information content (AvgIpc) is 3.33. The second kappa shape index (κ2) is 12.7. The van der Waals surface area contributed by atoms with Gasteiger partial charge in [-0.05, 0) is 102 Å². The number of carbonyl (C=O) groups is 4. The fraction of sp³-hybridized carbons (Fsp3) is 0.850. The molecular weight excluding hydrogens is 669 g/mol. The van der Waals surface area contributed by atoms with Crippen molar-refractivity contribution in [1.29, 1.82) is 0 Å². The molecule has 0 radical (unpaired) electrons. The van der Waals surface area contributed by atoms with E-state index in [0.29, 0.717) is 18.3 Å². The van der Waals surface area contributed by atoms with Crippen LogP contribution in [0.25, 0.3) is 0 Å². The smallest absolute Gasteiger partial charge is 0.303 e. The summed E-state index contributed by atoms with van der Waals surface area (Å²) in [4.78, 5) is 55.4. The van der Waals surface area contributed by atoms with E-state index < -0.39 is 27.5 Å². The highest BCUT2D eigenvalue weighted by molar-refractivity contribution is 7.88. The van der Waals surface area contributed by atoms with Crippen molar-refractivity contribution in [2.45, 2.75) is 132 Å². The summed E-state index contributed by atoms with van der Waals surface area (Å²) in [6, 6.07) is 0. The zero-order valence-corrected chi connectivity index (χ0v) is 33.5. The zero-order valence-electron chi connectivity index (χ0n) is 32.7. The predicted octanol–water partition coefficient (Wildman–Crippen LogP) is 5.93. The zero-order chi connectivity index (χ0) is 37.7. The Labute approximate surface area is 305 Å². The van der Waals surface area contributed by atoms with Crippen LogP contribution in [0.1, 0.15) is 120 Å². The van der Waals surface area contributed by atoms with E-state index in [2.05, 4.69) is 48.5 Å². The highest BCUT2D eigenvalue weighted by atomic mass is 32.2. The van der Waals surface area contributed by atoms with Gasteiger partial charge in [-0.1, -0.05) is 48.5 Å². The lowest BCUT2D eigenvalue weighted by Crippen LogP contribution is -2.66. The predicted molar refractivity (Wildman–Crippen MR) is 194 cm³/mol. The Balaban J connectivity index is 1.39. The molecule has 2 unspecified atom stereocenters. The van der Waals surface area contributed by atoms with Crippen LogP contribution >= 0.6 is 0 Å². The van der Waals surface area contributed by atoms with E-state index >= 15 is 0 Å². The summed E-state index contributed by atoms with van der Waals surface area (Å²) < 4.78 is 37.9. The van der Waals surface area contributed by atoms with Crippen LogP contribution in [-0.4, -0.2) is 85.9 Å². The average molecular weight is 731 g/mol. The third-order valence-electron chi connectivity index (χ3n) is 15.8. The van der Waals surface area contributed by atoms with Crippen molar-refractivity contribution in [3.63, 3.8) is 0 Å². The highest BCUT2D eigenvalue weighted by Gasteiger charge is 2.71. The maximum absolute atomic E-state index is 14.6. The van der Waals surface area contributed by atoms with Crippen molar-refractivity contribution in [3.05, 3.63) is 11.1 Å². The molecule has 5 aliphatic carbocycles. The van der Waals surface area contributed by atoms with E-state index in [9.17, 15) is 27.6 Å². The van der Waals surface area contributed by atoms with Crippen molar-refractivity contribution < 1.29 is 37.1 Å². The Morgan fingerprint density at radius 1 is 0.804 bits per heavy atom. The van der Waals surface area contributed by atoms with Crippen molar-refractivity contribution >= 4 is 33.7 Å². The molecule has 0 aromatic heterocycles. The van der Waals surface area contributed by atoms with Gasteiger partial charge in [-0.3, -0.25) is 19.2 Å². The maximum Gasteiger partial charge on any atom is 0.303 e. The van der Waals surface area contributed by atoms with Gasteiger partial charge in [0.1, 0.15) is 6.10 Å². The fourth-order valence-corrected chi connectivity index (χ4v) is 14.2. The molecule has 4 saturated carbocycles. The number of fused-ring (bicyclic) bond motifs is 7. The molecule has 0 bridgehead atoms. The number of carbonyl (C=O) groups excluding carboxylic acids is 4. The first kappa shape index (κ1) is 38.5. The van der Waals surface area contributed by atoms with Crippen LogP contribution in [0.3, 0.4) is 0 Å². The molecule has 9 atom stereocenters. The first-order valence-corrected chi connectivity index (χ1v) is 21.3. The number of rotatable bonds is 6. The maximum atomic E-state index is 14.6. The monoisotopic (exact) mass is 730 g/mol. The Hall–Kier alpha value is -2.27. The summed E-state index contributed by atoms with van der Waals surface area (Å²) in [5.41, 5.74) is 0.720. The molecule has 0 N–H and O–H groups in total. The van der Waals surface area contributed by atoms with E-state index in [4.69, 9.17) is 9.47 Å². The molecule has 286 valence electrons. The van der Waals surface area contributed by atoms with E-state index in [0.717, 1.165) is 56.1 Å². The van der Waals surface area contributed by atoms with Crippen molar-refractivity contribution in [1.82, 2.24) is 9.21 Å². The van der Waals surface area contributed by atoms with Crippen LogP contribution in [0.5, 0.6) is 0 Å². The van der Waals surface area contributed by atoms with E-state index in [-0.39, 0.29) is 89.9 Å². The van der Waals surface area contributed by atoms with Crippen LogP contribution in [0.2, 0.25) is 0 Å². The number of ether oxygens (including phenoxy) is 2. The van der Waals surface area contributed by atoms with E-state index in [1.165, 1.54) is 24.4 Å². The van der Waals surface area contributed by atoms with Crippen LogP contribution < -0.4 is 0 Å². The largest absolute Gasteiger partial charge is 0.462 e. The molecule has 0 aromatic rings. The van der Waals surface area contributed by atoms with Crippen LogP contribution in [-0.2, 0) is 38.7 Å². The molecule has 6 aliphatic rings. The van der Waals surface area contributed by atoms with E-state index in [1.807, 2.05) is 0 Å². The van der Waals surface area contributed by atoms with Gasteiger partial charge in [0, 0.05) is 57.3 Å². The number of hydrogen-bond acceptors (Lipinski definition) is 8. The third-order valence-corrected chi connectivity index (χ3v) is 17.1. The second-order valence-electron chi connectivity index (χ2n) is 18.8. The normalized spacial score (nSPS) is 40.1. The molecule has 0 aromatic carbocycles.